The Labute approximate surface area is 81.3 Å². The third kappa shape index (κ3) is 1.25. The van der Waals surface area contributed by atoms with Crippen LogP contribution in [-0.4, -0.2) is 15.7 Å². The van der Waals surface area contributed by atoms with Gasteiger partial charge in [0.15, 0.2) is 12.0 Å². The Bertz CT molecular complexity index is 480. The Morgan fingerprint density at radius 1 is 1.54 bits per heavy atom. The molecular weight excluding hydrogens is 239 g/mol. The maximum Gasteiger partial charge on any atom is 0.228 e. The Kier molecular flexibility index (Phi) is 1.88. The molecule has 3 nitrogen and oxygen atoms in total. The average Bonchev–Trinajstić information content (AvgIpc) is 2.44. The second kappa shape index (κ2) is 2.92. The smallest absolute Gasteiger partial charge is 0.228 e. The van der Waals surface area contributed by atoms with Crippen molar-refractivity contribution < 1.29 is 9.18 Å². The number of fused-ring (bicyclic) bond motifs is 1. The number of carbonyl (C=O) groups is 1. The zero-order chi connectivity index (χ0) is 9.42. The summed E-state index contributed by atoms with van der Waals surface area (Å²) < 4.78 is 15.2. The van der Waals surface area contributed by atoms with Crippen LogP contribution < -0.4 is 0 Å². The summed E-state index contributed by atoms with van der Waals surface area (Å²) in [6, 6.07) is 3.36. The van der Waals surface area contributed by atoms with E-state index in [1.807, 2.05) is 0 Å². The summed E-state index contributed by atoms with van der Waals surface area (Å²) in [7, 11) is 0. The van der Waals surface area contributed by atoms with Gasteiger partial charge in [0, 0.05) is 10.7 Å². The summed E-state index contributed by atoms with van der Waals surface area (Å²) in [5.74, 6) is -0.633. The van der Waals surface area contributed by atoms with Crippen LogP contribution in [0.4, 0.5) is 4.39 Å². The van der Waals surface area contributed by atoms with Crippen molar-refractivity contribution in [2.45, 2.75) is 0 Å². The highest BCUT2D eigenvalue weighted by Crippen LogP contribution is 2.14. The normalized spacial score (nSPS) is 10.6. The molecule has 0 radical (unpaired) electrons. The molecule has 0 saturated carbocycles. The zero-order valence-corrected chi connectivity index (χ0v) is 7.95. The van der Waals surface area contributed by atoms with Crippen LogP contribution in [0.1, 0.15) is 10.5 Å². The van der Waals surface area contributed by atoms with E-state index in [1.165, 1.54) is 10.6 Å². The molecule has 0 aromatic carbocycles. The molecule has 13 heavy (non-hydrogen) atoms. The lowest BCUT2D eigenvalue weighted by atomic mass is 10.5. The first-order valence-corrected chi connectivity index (χ1v) is 4.30. The van der Waals surface area contributed by atoms with Crippen molar-refractivity contribution in [1.82, 2.24) is 9.38 Å². The number of hydrogen-bond donors (Lipinski definition) is 0. The molecule has 2 heterocycles. The Balaban J connectivity index is 2.84. The van der Waals surface area contributed by atoms with Gasteiger partial charge in [-0.25, -0.2) is 4.98 Å². The van der Waals surface area contributed by atoms with Gasteiger partial charge >= 0.3 is 0 Å². The second-order valence-electron chi connectivity index (χ2n) is 2.48. The lowest BCUT2D eigenvalue weighted by molar-refractivity contribution is 0.111. The molecule has 5 heteroatoms. The van der Waals surface area contributed by atoms with Gasteiger partial charge in [-0.2, -0.15) is 4.39 Å². The summed E-state index contributed by atoms with van der Waals surface area (Å²) in [5, 5.41) is 0. The highest BCUT2D eigenvalue weighted by molar-refractivity contribution is 9.10. The number of carbonyl (C=O) groups excluding carboxylic acids is 1. The fourth-order valence-electron chi connectivity index (χ4n) is 1.08. The van der Waals surface area contributed by atoms with E-state index in [1.54, 1.807) is 12.1 Å². The van der Waals surface area contributed by atoms with Crippen molar-refractivity contribution >= 4 is 27.9 Å². The number of imidazole rings is 1. The van der Waals surface area contributed by atoms with Gasteiger partial charge in [-0.05, 0) is 28.1 Å². The molecule has 0 amide bonds. The molecule has 0 fully saturated rings. The summed E-state index contributed by atoms with van der Waals surface area (Å²) in [6.07, 6.45) is 1.92. The van der Waals surface area contributed by atoms with Crippen LogP contribution in [0.3, 0.4) is 0 Å². The zero-order valence-electron chi connectivity index (χ0n) is 6.37. The van der Waals surface area contributed by atoms with Crippen molar-refractivity contribution in [2.24, 2.45) is 0 Å². The van der Waals surface area contributed by atoms with Gasteiger partial charge in [-0.3, -0.25) is 9.20 Å². The summed E-state index contributed by atoms with van der Waals surface area (Å²) in [6.45, 7) is 0. The van der Waals surface area contributed by atoms with Crippen LogP contribution in [0.2, 0.25) is 0 Å². The fraction of sp³-hybridized carbons (Fsp3) is 0. The van der Waals surface area contributed by atoms with E-state index in [9.17, 15) is 9.18 Å². The van der Waals surface area contributed by atoms with Gasteiger partial charge in [0.1, 0.15) is 5.65 Å². The van der Waals surface area contributed by atoms with Crippen LogP contribution in [0.15, 0.2) is 22.8 Å². The largest absolute Gasteiger partial charge is 0.296 e. The topological polar surface area (TPSA) is 34.4 Å². The Morgan fingerprint density at radius 3 is 3.00 bits per heavy atom. The molecule has 0 aliphatic rings. The van der Waals surface area contributed by atoms with Gasteiger partial charge in [-0.1, -0.05) is 0 Å². The first-order valence-electron chi connectivity index (χ1n) is 3.50. The first-order chi connectivity index (χ1) is 6.22. The molecule has 0 aliphatic carbocycles. The summed E-state index contributed by atoms with van der Waals surface area (Å²) in [5.41, 5.74) is 0.251. The molecule has 0 unspecified atom stereocenters. The fourth-order valence-corrected chi connectivity index (χ4v) is 1.42. The minimum atomic E-state index is -0.633. The van der Waals surface area contributed by atoms with E-state index in [0.29, 0.717) is 11.9 Å². The molecule has 0 saturated heterocycles. The van der Waals surface area contributed by atoms with E-state index in [0.717, 1.165) is 4.47 Å². The molecule has 0 atom stereocenters. The van der Waals surface area contributed by atoms with Gasteiger partial charge < -0.3 is 0 Å². The maximum absolute atomic E-state index is 13.3. The standard InChI is InChI=1S/C8H4BrFN2O/c9-5-1-2-7-11-6(4-13)8(10)12(7)3-5/h1-4H. The number of nitrogens with zero attached hydrogens (tertiary/aromatic N) is 2. The van der Waals surface area contributed by atoms with E-state index < -0.39 is 5.95 Å². The van der Waals surface area contributed by atoms with Crippen molar-refractivity contribution in [3.05, 3.63) is 34.4 Å². The molecule has 0 N–H and O–H groups in total. The molecule has 2 aromatic heterocycles. The first kappa shape index (κ1) is 8.37. The average molecular weight is 243 g/mol. The van der Waals surface area contributed by atoms with Gasteiger partial charge in [-0.15, -0.1) is 0 Å². The number of hydrogen-bond acceptors (Lipinski definition) is 2. The van der Waals surface area contributed by atoms with Crippen LogP contribution in [-0.2, 0) is 0 Å². The lowest BCUT2D eigenvalue weighted by Crippen LogP contribution is -1.89. The summed E-state index contributed by atoms with van der Waals surface area (Å²) in [4.78, 5) is 14.1. The minimum Gasteiger partial charge on any atom is -0.296 e. The van der Waals surface area contributed by atoms with Crippen molar-refractivity contribution in [1.29, 1.82) is 0 Å². The van der Waals surface area contributed by atoms with Crippen molar-refractivity contribution in [2.75, 3.05) is 0 Å². The molecular formula is C8H4BrFN2O. The van der Waals surface area contributed by atoms with Gasteiger partial charge in [0.2, 0.25) is 5.95 Å². The predicted molar refractivity (Wildman–Crippen MR) is 48.2 cm³/mol. The van der Waals surface area contributed by atoms with Crippen LogP contribution >= 0.6 is 15.9 Å². The Morgan fingerprint density at radius 2 is 2.31 bits per heavy atom. The highest BCUT2D eigenvalue weighted by atomic mass is 79.9. The lowest BCUT2D eigenvalue weighted by Gasteiger charge is -1.93. The van der Waals surface area contributed by atoms with E-state index in [-0.39, 0.29) is 5.69 Å². The van der Waals surface area contributed by atoms with Crippen molar-refractivity contribution in [3.8, 4) is 0 Å². The van der Waals surface area contributed by atoms with E-state index in [2.05, 4.69) is 20.9 Å². The number of aromatic nitrogens is 2. The van der Waals surface area contributed by atoms with Crippen LogP contribution in [0.25, 0.3) is 5.65 Å². The third-order valence-corrected chi connectivity index (χ3v) is 2.13. The predicted octanol–water partition coefficient (Wildman–Crippen LogP) is 2.05. The molecule has 0 spiro atoms. The molecule has 2 rings (SSSR count). The monoisotopic (exact) mass is 242 g/mol. The van der Waals surface area contributed by atoms with Crippen molar-refractivity contribution in [3.63, 3.8) is 0 Å². The molecule has 66 valence electrons. The molecule has 0 bridgehead atoms. The van der Waals surface area contributed by atoms with Crippen LogP contribution in [0.5, 0.6) is 0 Å². The molecule has 0 aliphatic heterocycles. The summed E-state index contributed by atoms with van der Waals surface area (Å²) >= 11 is 3.19. The maximum atomic E-state index is 13.3. The van der Waals surface area contributed by atoms with Crippen LogP contribution in [0, 0.1) is 5.95 Å². The third-order valence-electron chi connectivity index (χ3n) is 1.66. The number of pyridine rings is 1. The Hall–Kier alpha value is -1.23. The minimum absolute atomic E-state index is 0.168. The number of aldehydes is 1. The number of rotatable bonds is 1. The van der Waals surface area contributed by atoms with E-state index in [4.69, 9.17) is 0 Å². The quantitative estimate of drug-likeness (QED) is 0.718. The number of halogens is 2. The second-order valence-corrected chi connectivity index (χ2v) is 3.40. The van der Waals surface area contributed by atoms with Gasteiger partial charge in [0.25, 0.3) is 0 Å². The SMILES string of the molecule is O=Cc1nc2ccc(Br)cn2c1F. The van der Waals surface area contributed by atoms with E-state index >= 15 is 0 Å². The van der Waals surface area contributed by atoms with Gasteiger partial charge in [0.05, 0.1) is 0 Å². The molecule has 2 aromatic rings. The highest BCUT2D eigenvalue weighted by Gasteiger charge is 2.10.